The van der Waals surface area contributed by atoms with E-state index in [4.69, 9.17) is 27.9 Å². The summed E-state index contributed by atoms with van der Waals surface area (Å²) in [5.41, 5.74) is 1.90. The second-order valence-corrected chi connectivity index (χ2v) is 15.1. The van der Waals surface area contributed by atoms with Crippen LogP contribution in [0.4, 0.5) is 5.69 Å². The summed E-state index contributed by atoms with van der Waals surface area (Å²) in [6.45, 7) is 8.84. The van der Waals surface area contributed by atoms with Gasteiger partial charge in [-0.05, 0) is 82.1 Å². The van der Waals surface area contributed by atoms with Crippen molar-refractivity contribution < 1.29 is 22.7 Å². The van der Waals surface area contributed by atoms with Gasteiger partial charge in [-0.1, -0.05) is 89.4 Å². The molecule has 0 saturated heterocycles. The SMILES string of the molecule is CCOc1ccccc1N(CC(=O)N(Cc1ccc(Cl)c(Cl)c1)[C@H](Cc1ccccc1)C(=O)NC(C)(C)C)S(=O)(=O)c1ccc(C)cc1. The first-order valence-corrected chi connectivity index (χ1v) is 17.8. The Morgan fingerprint density at radius 3 is 2.12 bits per heavy atom. The molecule has 0 spiro atoms. The molecule has 1 atom stereocenters. The molecule has 0 aliphatic carbocycles. The lowest BCUT2D eigenvalue weighted by Crippen LogP contribution is -2.56. The van der Waals surface area contributed by atoms with Crippen LogP contribution in [-0.2, 0) is 32.6 Å². The Kier molecular flexibility index (Phi) is 12.2. The zero-order chi connectivity index (χ0) is 35.1. The van der Waals surface area contributed by atoms with Crippen LogP contribution in [0.3, 0.4) is 0 Å². The van der Waals surface area contributed by atoms with Gasteiger partial charge in [-0.3, -0.25) is 13.9 Å². The molecule has 0 aliphatic heterocycles. The van der Waals surface area contributed by atoms with Crippen LogP contribution in [0.2, 0.25) is 10.0 Å². The largest absolute Gasteiger partial charge is 0.492 e. The van der Waals surface area contributed by atoms with E-state index < -0.39 is 34.1 Å². The van der Waals surface area contributed by atoms with Gasteiger partial charge in [0.1, 0.15) is 18.3 Å². The lowest BCUT2D eigenvalue weighted by atomic mass is 10.0. The first-order valence-electron chi connectivity index (χ1n) is 15.6. The molecule has 4 rings (SSSR count). The van der Waals surface area contributed by atoms with E-state index in [0.717, 1.165) is 15.4 Å². The molecule has 4 aromatic carbocycles. The van der Waals surface area contributed by atoms with Crippen LogP contribution in [-0.4, -0.2) is 49.9 Å². The van der Waals surface area contributed by atoms with Crippen LogP contribution in [0.15, 0.2) is 102 Å². The van der Waals surface area contributed by atoms with Crippen molar-refractivity contribution in [2.24, 2.45) is 0 Å². The first-order chi connectivity index (χ1) is 22.7. The highest BCUT2D eigenvalue weighted by Gasteiger charge is 2.36. The first kappa shape index (κ1) is 36.8. The molecule has 0 aromatic heterocycles. The molecule has 0 aliphatic rings. The second kappa shape index (κ2) is 15.9. The monoisotopic (exact) mass is 709 g/mol. The van der Waals surface area contributed by atoms with Gasteiger partial charge in [0, 0.05) is 18.5 Å². The number of carbonyl (C=O) groups excluding carboxylic acids is 2. The third-order valence-corrected chi connectivity index (χ3v) is 9.94. The Balaban J connectivity index is 1.87. The molecule has 11 heteroatoms. The van der Waals surface area contributed by atoms with Gasteiger partial charge in [0.15, 0.2) is 0 Å². The summed E-state index contributed by atoms with van der Waals surface area (Å²) >= 11 is 12.6. The fraction of sp³-hybridized carbons (Fsp3) is 0.297. The number of nitrogens with one attached hydrogen (secondary N) is 1. The van der Waals surface area contributed by atoms with Gasteiger partial charge in [0.05, 0.1) is 27.2 Å². The Labute approximate surface area is 293 Å². The van der Waals surface area contributed by atoms with Crippen LogP contribution >= 0.6 is 23.2 Å². The zero-order valence-electron chi connectivity index (χ0n) is 27.7. The number of hydrogen-bond donors (Lipinski definition) is 1. The Bertz CT molecular complexity index is 1830. The molecule has 8 nitrogen and oxygen atoms in total. The fourth-order valence-electron chi connectivity index (χ4n) is 5.13. The van der Waals surface area contributed by atoms with Crippen molar-refractivity contribution in [3.8, 4) is 5.75 Å². The summed E-state index contributed by atoms with van der Waals surface area (Å²) in [6, 6.07) is 26.4. The summed E-state index contributed by atoms with van der Waals surface area (Å²) in [5, 5.41) is 3.65. The number of halogens is 2. The smallest absolute Gasteiger partial charge is 0.264 e. The topological polar surface area (TPSA) is 96.0 Å². The predicted octanol–water partition coefficient (Wildman–Crippen LogP) is 7.45. The van der Waals surface area contributed by atoms with Gasteiger partial charge in [-0.2, -0.15) is 0 Å². The second-order valence-electron chi connectivity index (χ2n) is 12.4. The van der Waals surface area contributed by atoms with E-state index in [2.05, 4.69) is 5.32 Å². The van der Waals surface area contributed by atoms with Crippen molar-refractivity contribution in [3.63, 3.8) is 0 Å². The highest BCUT2D eigenvalue weighted by atomic mass is 35.5. The molecule has 4 aromatic rings. The molecule has 48 heavy (non-hydrogen) atoms. The van der Waals surface area contributed by atoms with Crippen molar-refractivity contribution in [1.29, 1.82) is 0 Å². The van der Waals surface area contributed by atoms with E-state index in [-0.39, 0.29) is 41.1 Å². The average molecular weight is 711 g/mol. The maximum atomic E-state index is 14.7. The quantitative estimate of drug-likeness (QED) is 0.156. The number of ether oxygens (including phenoxy) is 1. The molecule has 1 N–H and O–H groups in total. The highest BCUT2D eigenvalue weighted by molar-refractivity contribution is 7.92. The number of amides is 2. The van der Waals surface area contributed by atoms with Gasteiger partial charge in [0.2, 0.25) is 11.8 Å². The molecule has 254 valence electrons. The third kappa shape index (κ3) is 9.52. The zero-order valence-corrected chi connectivity index (χ0v) is 30.1. The average Bonchev–Trinajstić information content (AvgIpc) is 3.03. The van der Waals surface area contributed by atoms with E-state index in [9.17, 15) is 18.0 Å². The number of anilines is 1. The summed E-state index contributed by atoms with van der Waals surface area (Å²) in [5.74, 6) is -0.693. The Morgan fingerprint density at radius 2 is 1.50 bits per heavy atom. The fourth-order valence-corrected chi connectivity index (χ4v) is 6.88. The Hall–Kier alpha value is -4.05. The number of sulfonamides is 1. The lowest BCUT2D eigenvalue weighted by molar-refractivity contribution is -0.140. The number of nitrogens with zero attached hydrogens (tertiary/aromatic N) is 2. The Morgan fingerprint density at radius 1 is 0.854 bits per heavy atom. The highest BCUT2D eigenvalue weighted by Crippen LogP contribution is 2.33. The number of benzene rings is 4. The summed E-state index contributed by atoms with van der Waals surface area (Å²) in [4.78, 5) is 30.2. The van der Waals surface area contributed by atoms with Crippen LogP contribution in [0.5, 0.6) is 5.75 Å². The maximum Gasteiger partial charge on any atom is 0.264 e. The molecule has 2 amide bonds. The molecule has 0 bridgehead atoms. The van der Waals surface area contributed by atoms with Crippen molar-refractivity contribution in [2.45, 2.75) is 64.1 Å². The van der Waals surface area contributed by atoms with Crippen LogP contribution in [0.25, 0.3) is 0 Å². The molecule has 0 heterocycles. The van der Waals surface area contributed by atoms with E-state index in [1.807, 2.05) is 58.0 Å². The van der Waals surface area contributed by atoms with Gasteiger partial charge < -0.3 is 15.0 Å². The van der Waals surface area contributed by atoms with E-state index in [0.29, 0.717) is 16.3 Å². The standard InChI is InChI=1S/C37H41Cl2N3O5S/c1-6-47-34-15-11-10-14-32(34)42(48(45,46)29-19-16-26(2)17-20-29)25-35(43)41(24-28-18-21-30(38)31(39)22-28)33(36(44)40-37(3,4)5)23-27-12-8-7-9-13-27/h7-22,33H,6,23-25H2,1-5H3,(H,40,44)/t33-/m1/s1. The lowest BCUT2D eigenvalue weighted by Gasteiger charge is -2.35. The number of rotatable bonds is 13. The van der Waals surface area contributed by atoms with Crippen molar-refractivity contribution in [3.05, 3.63) is 124 Å². The molecule has 0 unspecified atom stereocenters. The van der Waals surface area contributed by atoms with E-state index in [1.54, 1.807) is 61.5 Å². The van der Waals surface area contributed by atoms with Crippen LogP contribution < -0.4 is 14.4 Å². The van der Waals surface area contributed by atoms with Gasteiger partial charge in [-0.25, -0.2) is 8.42 Å². The van der Waals surface area contributed by atoms with Crippen molar-refractivity contribution in [2.75, 3.05) is 17.5 Å². The molecule has 0 fully saturated rings. The maximum absolute atomic E-state index is 14.7. The van der Waals surface area contributed by atoms with Gasteiger partial charge in [-0.15, -0.1) is 0 Å². The molecular formula is C37H41Cl2N3O5S. The molecule has 0 saturated carbocycles. The molecular weight excluding hydrogens is 669 g/mol. The normalized spacial score (nSPS) is 12.2. The van der Waals surface area contributed by atoms with Crippen LogP contribution in [0, 0.1) is 6.92 Å². The van der Waals surface area contributed by atoms with Crippen molar-refractivity contribution >= 4 is 50.7 Å². The summed E-state index contributed by atoms with van der Waals surface area (Å²) in [6.07, 6.45) is 0.177. The van der Waals surface area contributed by atoms with Gasteiger partial charge in [0.25, 0.3) is 10.0 Å². The number of aryl methyl sites for hydroxylation is 1. The van der Waals surface area contributed by atoms with Gasteiger partial charge >= 0.3 is 0 Å². The minimum atomic E-state index is -4.29. The van der Waals surface area contributed by atoms with E-state index >= 15 is 0 Å². The summed E-state index contributed by atoms with van der Waals surface area (Å²) in [7, 11) is -4.29. The van der Waals surface area contributed by atoms with Crippen LogP contribution in [0.1, 0.15) is 44.4 Å². The minimum absolute atomic E-state index is 0.00884. The van der Waals surface area contributed by atoms with Crippen molar-refractivity contribution in [1.82, 2.24) is 10.2 Å². The summed E-state index contributed by atoms with van der Waals surface area (Å²) < 4.78 is 35.6. The third-order valence-electron chi connectivity index (χ3n) is 7.43. The predicted molar refractivity (Wildman–Crippen MR) is 192 cm³/mol. The number of para-hydroxylation sites is 2. The molecule has 0 radical (unpaired) electrons. The number of hydrogen-bond acceptors (Lipinski definition) is 5. The number of carbonyl (C=O) groups is 2. The van der Waals surface area contributed by atoms with E-state index in [1.165, 1.54) is 17.0 Å². The minimum Gasteiger partial charge on any atom is -0.492 e.